The average molecular weight is 474 g/mol. The van der Waals surface area contributed by atoms with Crippen molar-refractivity contribution in [1.29, 1.82) is 0 Å². The molecule has 2 heterocycles. The zero-order valence-corrected chi connectivity index (χ0v) is 18.4. The second-order valence-corrected chi connectivity index (χ2v) is 8.96. The Hall–Kier alpha value is -3.91. The van der Waals surface area contributed by atoms with Crippen molar-refractivity contribution in [2.75, 3.05) is 4.90 Å². The van der Waals surface area contributed by atoms with E-state index in [0.717, 1.165) is 16.0 Å². The summed E-state index contributed by atoms with van der Waals surface area (Å²) in [6.45, 7) is 0. The SMILES string of the molecule is O=C1CC(=O)C2CC(C3=CC=C4C(=O)N(c5nnc(-c6ccccc6Cl)o5)C(=O)C4C3)=CC=C12. The first-order chi connectivity index (χ1) is 16.4. The highest BCUT2D eigenvalue weighted by atomic mass is 35.5. The van der Waals surface area contributed by atoms with Crippen molar-refractivity contribution in [2.24, 2.45) is 11.8 Å². The van der Waals surface area contributed by atoms with Gasteiger partial charge in [-0.05, 0) is 36.1 Å². The van der Waals surface area contributed by atoms with Crippen molar-refractivity contribution in [3.8, 4) is 11.5 Å². The largest absolute Gasteiger partial charge is 0.403 e. The van der Waals surface area contributed by atoms with Crippen LogP contribution in [0.4, 0.5) is 6.01 Å². The fraction of sp³-hybridized carbons (Fsp3) is 0.200. The summed E-state index contributed by atoms with van der Waals surface area (Å²) in [6.07, 6.45) is 7.66. The van der Waals surface area contributed by atoms with E-state index in [-0.39, 0.29) is 29.9 Å². The molecule has 0 radical (unpaired) electrons. The first kappa shape index (κ1) is 20.7. The molecule has 4 aliphatic rings. The van der Waals surface area contributed by atoms with Crippen LogP contribution in [-0.4, -0.2) is 33.6 Å². The number of carbonyl (C=O) groups is 4. The van der Waals surface area contributed by atoms with E-state index in [2.05, 4.69) is 10.2 Å². The van der Waals surface area contributed by atoms with Gasteiger partial charge in [-0.2, -0.15) is 4.90 Å². The Morgan fingerprint density at radius 1 is 0.882 bits per heavy atom. The van der Waals surface area contributed by atoms with E-state index in [9.17, 15) is 19.2 Å². The van der Waals surface area contributed by atoms with Gasteiger partial charge < -0.3 is 4.42 Å². The number of carbonyl (C=O) groups excluding carboxylic acids is 4. The first-order valence-electron chi connectivity index (χ1n) is 10.8. The lowest BCUT2D eigenvalue weighted by Crippen LogP contribution is -2.30. The molecule has 1 aromatic heterocycles. The maximum Gasteiger partial charge on any atom is 0.332 e. The Labute approximate surface area is 198 Å². The second-order valence-electron chi connectivity index (χ2n) is 8.56. The summed E-state index contributed by atoms with van der Waals surface area (Å²) in [5, 5.41) is 8.27. The van der Waals surface area contributed by atoms with Crippen LogP contribution in [-0.2, 0) is 19.2 Å². The van der Waals surface area contributed by atoms with Gasteiger partial charge in [-0.1, -0.05) is 53.1 Å². The van der Waals surface area contributed by atoms with Gasteiger partial charge in [-0.25, -0.2) is 0 Å². The Bertz CT molecular complexity index is 1440. The fourth-order valence-corrected chi connectivity index (χ4v) is 5.12. The van der Waals surface area contributed by atoms with Crippen molar-refractivity contribution >= 4 is 41.0 Å². The molecule has 3 aliphatic carbocycles. The molecule has 2 fully saturated rings. The molecule has 1 aliphatic heterocycles. The lowest BCUT2D eigenvalue weighted by atomic mass is 9.79. The summed E-state index contributed by atoms with van der Waals surface area (Å²) in [7, 11) is 0. The molecule has 2 aromatic rings. The summed E-state index contributed by atoms with van der Waals surface area (Å²) in [5.41, 5.74) is 3.17. The number of rotatable bonds is 3. The quantitative estimate of drug-likeness (QED) is 0.495. The predicted octanol–water partition coefficient (Wildman–Crippen LogP) is 3.55. The summed E-state index contributed by atoms with van der Waals surface area (Å²) in [6, 6.07) is 6.69. The molecular weight excluding hydrogens is 458 g/mol. The maximum atomic E-state index is 13.2. The number of halogens is 1. The Morgan fingerprint density at radius 2 is 1.59 bits per heavy atom. The number of Topliss-reactive ketones (excluding diaryl/α,β-unsaturated/α-hetero) is 2. The Morgan fingerprint density at radius 3 is 2.35 bits per heavy atom. The number of anilines is 1. The topological polar surface area (TPSA) is 110 Å². The van der Waals surface area contributed by atoms with Gasteiger partial charge in [0.25, 0.3) is 11.8 Å². The number of benzene rings is 1. The van der Waals surface area contributed by atoms with E-state index in [1.165, 1.54) is 0 Å². The number of aromatic nitrogens is 2. The number of hydrogen-bond acceptors (Lipinski definition) is 7. The smallest absolute Gasteiger partial charge is 0.332 e. The molecule has 0 N–H and O–H groups in total. The standard InChI is InChI=1S/C25H16ClN3O5/c26-19-4-2-1-3-16(19)22-27-28-25(34-22)29-23(32)15-8-6-13(10-18(15)24(29)33)12-5-7-14-17(9-12)21(31)11-20(14)30/h1-8,17-18H,9-11H2. The van der Waals surface area contributed by atoms with Gasteiger partial charge in [0.1, 0.15) is 5.78 Å². The summed E-state index contributed by atoms with van der Waals surface area (Å²) < 4.78 is 5.64. The average Bonchev–Trinajstić information content (AvgIpc) is 3.49. The van der Waals surface area contributed by atoms with E-state index in [0.29, 0.717) is 34.6 Å². The number of hydrogen-bond donors (Lipinski definition) is 0. The molecular formula is C25H16ClN3O5. The lowest BCUT2D eigenvalue weighted by Gasteiger charge is -2.23. The fourth-order valence-electron chi connectivity index (χ4n) is 4.90. The molecule has 1 aromatic carbocycles. The molecule has 2 atom stereocenters. The third kappa shape index (κ3) is 3.06. The van der Waals surface area contributed by atoms with Gasteiger partial charge in [0.15, 0.2) is 5.78 Å². The molecule has 1 saturated heterocycles. The minimum Gasteiger partial charge on any atom is -0.403 e. The van der Waals surface area contributed by atoms with E-state index < -0.39 is 23.7 Å². The van der Waals surface area contributed by atoms with Gasteiger partial charge >= 0.3 is 6.01 Å². The van der Waals surface area contributed by atoms with Crippen molar-refractivity contribution in [3.05, 3.63) is 75.9 Å². The molecule has 34 heavy (non-hydrogen) atoms. The number of ketones is 2. The van der Waals surface area contributed by atoms with Crippen LogP contribution in [0, 0.1) is 11.8 Å². The Balaban J connectivity index is 1.26. The van der Waals surface area contributed by atoms with Crippen LogP contribution in [0.5, 0.6) is 0 Å². The van der Waals surface area contributed by atoms with Crippen LogP contribution in [0.25, 0.3) is 11.5 Å². The van der Waals surface area contributed by atoms with Crippen molar-refractivity contribution < 1.29 is 23.6 Å². The highest BCUT2D eigenvalue weighted by Crippen LogP contribution is 2.42. The molecule has 0 spiro atoms. The predicted molar refractivity (Wildman–Crippen MR) is 120 cm³/mol. The summed E-state index contributed by atoms with van der Waals surface area (Å²) in [4.78, 5) is 51.3. The van der Waals surface area contributed by atoms with E-state index in [1.807, 2.05) is 6.08 Å². The van der Waals surface area contributed by atoms with E-state index in [1.54, 1.807) is 42.5 Å². The zero-order valence-electron chi connectivity index (χ0n) is 17.7. The monoisotopic (exact) mass is 473 g/mol. The summed E-state index contributed by atoms with van der Waals surface area (Å²) in [5.74, 6) is -2.14. The molecule has 168 valence electrons. The number of nitrogens with zero attached hydrogens (tertiary/aromatic N) is 3. The van der Waals surface area contributed by atoms with Gasteiger partial charge in [0.2, 0.25) is 5.91 Å². The number of amides is 2. The first-order valence-corrected chi connectivity index (χ1v) is 11.1. The van der Waals surface area contributed by atoms with Gasteiger partial charge in [0.05, 0.1) is 28.8 Å². The number of imide groups is 1. The van der Waals surface area contributed by atoms with Gasteiger partial charge in [-0.3, -0.25) is 19.2 Å². The second kappa shape index (κ2) is 7.56. The van der Waals surface area contributed by atoms with Crippen molar-refractivity contribution in [3.63, 3.8) is 0 Å². The Kier molecular flexibility index (Phi) is 4.60. The molecule has 2 amide bonds. The van der Waals surface area contributed by atoms with E-state index in [4.69, 9.17) is 16.0 Å². The van der Waals surface area contributed by atoms with Gasteiger partial charge in [-0.15, -0.1) is 5.10 Å². The molecule has 0 bridgehead atoms. The number of fused-ring (bicyclic) bond motifs is 2. The van der Waals surface area contributed by atoms with Crippen LogP contribution in [0.1, 0.15) is 19.3 Å². The molecule has 6 rings (SSSR count). The highest BCUT2D eigenvalue weighted by Gasteiger charge is 2.48. The number of allylic oxidation sites excluding steroid dienone is 7. The van der Waals surface area contributed by atoms with E-state index >= 15 is 0 Å². The molecule has 9 heteroatoms. The highest BCUT2D eigenvalue weighted by molar-refractivity contribution is 6.33. The summed E-state index contributed by atoms with van der Waals surface area (Å²) >= 11 is 6.18. The molecule has 2 unspecified atom stereocenters. The normalized spacial score (nSPS) is 24.0. The van der Waals surface area contributed by atoms with Crippen LogP contribution in [0.15, 0.2) is 75.3 Å². The maximum absolute atomic E-state index is 13.2. The van der Waals surface area contributed by atoms with Crippen LogP contribution < -0.4 is 4.90 Å². The molecule has 1 saturated carbocycles. The third-order valence-electron chi connectivity index (χ3n) is 6.66. The third-order valence-corrected chi connectivity index (χ3v) is 6.99. The van der Waals surface area contributed by atoms with Crippen molar-refractivity contribution in [1.82, 2.24) is 10.2 Å². The minimum atomic E-state index is -0.685. The zero-order chi connectivity index (χ0) is 23.6. The van der Waals surface area contributed by atoms with Crippen LogP contribution in [0.2, 0.25) is 5.02 Å². The van der Waals surface area contributed by atoms with Gasteiger partial charge in [0, 0.05) is 11.1 Å². The van der Waals surface area contributed by atoms with Crippen LogP contribution >= 0.6 is 11.6 Å². The van der Waals surface area contributed by atoms with Crippen LogP contribution in [0.3, 0.4) is 0 Å². The lowest BCUT2D eigenvalue weighted by molar-refractivity contribution is -0.124. The van der Waals surface area contributed by atoms with Crippen molar-refractivity contribution in [2.45, 2.75) is 19.3 Å². The molecule has 8 nitrogen and oxygen atoms in total. The minimum absolute atomic E-state index is 0.0499.